The fourth-order valence-corrected chi connectivity index (χ4v) is 1.54. The van der Waals surface area contributed by atoms with Crippen molar-refractivity contribution in [2.75, 3.05) is 7.11 Å². The van der Waals surface area contributed by atoms with Gasteiger partial charge in [0, 0.05) is 5.54 Å². The predicted molar refractivity (Wildman–Crippen MR) is 60.1 cm³/mol. The average Bonchev–Trinajstić information content (AvgIpc) is 2.96. The van der Waals surface area contributed by atoms with Gasteiger partial charge < -0.3 is 10.5 Å². The number of nitrogens with two attached hydrogens (primary N) is 1. The van der Waals surface area contributed by atoms with Gasteiger partial charge in [-0.1, -0.05) is 0 Å². The third-order valence-corrected chi connectivity index (χ3v) is 2.68. The lowest BCUT2D eigenvalue weighted by Gasteiger charge is -2.10. The van der Waals surface area contributed by atoms with E-state index in [1.54, 1.807) is 6.07 Å². The van der Waals surface area contributed by atoms with Gasteiger partial charge in [0.25, 0.3) is 0 Å². The molecule has 2 rings (SSSR count). The molecule has 0 unspecified atom stereocenters. The van der Waals surface area contributed by atoms with E-state index in [2.05, 4.69) is 4.74 Å². The summed E-state index contributed by atoms with van der Waals surface area (Å²) >= 11 is 0. The molecule has 0 atom stereocenters. The fourth-order valence-electron chi connectivity index (χ4n) is 1.54. The smallest absolute Gasteiger partial charge is 0.337 e. The molecule has 0 bridgehead atoms. The van der Waals surface area contributed by atoms with Gasteiger partial charge in [0.2, 0.25) is 0 Å². The molecule has 0 spiro atoms. The molecule has 1 fully saturated rings. The lowest BCUT2D eigenvalue weighted by atomic mass is 10.0. The highest BCUT2D eigenvalue weighted by molar-refractivity contribution is 5.89. The third-order valence-electron chi connectivity index (χ3n) is 2.68. The van der Waals surface area contributed by atoms with Crippen molar-refractivity contribution < 1.29 is 13.9 Å². The minimum absolute atomic E-state index is 0. The van der Waals surface area contributed by atoms with Gasteiger partial charge in [0.15, 0.2) is 0 Å². The maximum atomic E-state index is 13.2. The van der Waals surface area contributed by atoms with Crippen molar-refractivity contribution in [3.63, 3.8) is 0 Å². The van der Waals surface area contributed by atoms with Crippen LogP contribution in [0.4, 0.5) is 4.39 Å². The molecule has 0 radical (unpaired) electrons. The van der Waals surface area contributed by atoms with Gasteiger partial charge in [-0.3, -0.25) is 0 Å². The molecule has 3 nitrogen and oxygen atoms in total. The summed E-state index contributed by atoms with van der Waals surface area (Å²) in [7, 11) is 1.27. The molecule has 1 aromatic rings. The highest BCUT2D eigenvalue weighted by Crippen LogP contribution is 2.43. The van der Waals surface area contributed by atoms with Gasteiger partial charge in [-0.05, 0) is 36.6 Å². The molecular formula is C11H13ClFNO2. The number of benzene rings is 1. The minimum atomic E-state index is -0.542. The molecule has 1 aliphatic rings. The zero-order valence-electron chi connectivity index (χ0n) is 8.83. The maximum absolute atomic E-state index is 13.2. The Hall–Kier alpha value is -1.13. The summed E-state index contributed by atoms with van der Waals surface area (Å²) in [6, 6.07) is 4.13. The number of rotatable bonds is 2. The van der Waals surface area contributed by atoms with Crippen LogP contribution >= 0.6 is 12.4 Å². The van der Waals surface area contributed by atoms with Crippen LogP contribution in [0, 0.1) is 5.82 Å². The lowest BCUT2D eigenvalue weighted by Crippen LogP contribution is -2.19. The first kappa shape index (κ1) is 12.9. The van der Waals surface area contributed by atoms with Crippen molar-refractivity contribution in [1.82, 2.24) is 0 Å². The van der Waals surface area contributed by atoms with Crippen LogP contribution in [0.3, 0.4) is 0 Å². The number of hydrogen-bond acceptors (Lipinski definition) is 3. The van der Waals surface area contributed by atoms with Crippen molar-refractivity contribution >= 4 is 18.4 Å². The van der Waals surface area contributed by atoms with Crippen molar-refractivity contribution in [1.29, 1.82) is 0 Å². The Kier molecular flexibility index (Phi) is 3.55. The molecular weight excluding hydrogens is 233 g/mol. The molecule has 16 heavy (non-hydrogen) atoms. The van der Waals surface area contributed by atoms with E-state index < -0.39 is 17.3 Å². The zero-order valence-corrected chi connectivity index (χ0v) is 9.64. The predicted octanol–water partition coefficient (Wildman–Crippen LogP) is 1.98. The first-order valence-corrected chi connectivity index (χ1v) is 4.73. The Morgan fingerprint density at radius 2 is 2.06 bits per heavy atom. The minimum Gasteiger partial charge on any atom is -0.465 e. The third kappa shape index (κ3) is 2.33. The van der Waals surface area contributed by atoms with Crippen molar-refractivity contribution in [2.45, 2.75) is 18.4 Å². The summed E-state index contributed by atoms with van der Waals surface area (Å²) < 4.78 is 17.8. The lowest BCUT2D eigenvalue weighted by molar-refractivity contribution is 0.0600. The molecule has 1 aromatic carbocycles. The number of esters is 1. The normalized spacial score (nSPS) is 16.2. The van der Waals surface area contributed by atoms with E-state index >= 15 is 0 Å². The zero-order chi connectivity index (χ0) is 11.1. The molecule has 0 aromatic heterocycles. The van der Waals surface area contributed by atoms with E-state index in [9.17, 15) is 9.18 Å². The van der Waals surface area contributed by atoms with Crippen LogP contribution in [0.15, 0.2) is 18.2 Å². The molecule has 88 valence electrons. The Morgan fingerprint density at radius 3 is 2.56 bits per heavy atom. The van der Waals surface area contributed by atoms with E-state index in [0.717, 1.165) is 18.9 Å². The van der Waals surface area contributed by atoms with E-state index in [0.29, 0.717) is 5.56 Å². The van der Waals surface area contributed by atoms with Gasteiger partial charge in [-0.2, -0.15) is 0 Å². The van der Waals surface area contributed by atoms with E-state index in [1.807, 2.05) is 0 Å². The summed E-state index contributed by atoms with van der Waals surface area (Å²) in [4.78, 5) is 11.2. The van der Waals surface area contributed by atoms with Crippen LogP contribution in [-0.2, 0) is 10.3 Å². The number of ether oxygens (including phenoxy) is 1. The second kappa shape index (κ2) is 4.39. The number of halogens is 2. The Bertz CT molecular complexity index is 418. The molecule has 0 amide bonds. The highest BCUT2D eigenvalue weighted by atomic mass is 35.5. The van der Waals surface area contributed by atoms with Crippen LogP contribution in [0.1, 0.15) is 28.8 Å². The first-order valence-electron chi connectivity index (χ1n) is 4.73. The molecule has 1 saturated carbocycles. The molecule has 2 N–H and O–H groups in total. The quantitative estimate of drug-likeness (QED) is 0.811. The van der Waals surface area contributed by atoms with E-state index in [1.165, 1.54) is 13.2 Å². The molecule has 5 heteroatoms. The second-order valence-electron chi connectivity index (χ2n) is 3.88. The van der Waals surface area contributed by atoms with Crippen LogP contribution in [0.25, 0.3) is 0 Å². The molecule has 1 aliphatic carbocycles. The summed E-state index contributed by atoms with van der Waals surface area (Å²) in [6.07, 6.45) is 1.66. The second-order valence-corrected chi connectivity index (χ2v) is 3.88. The van der Waals surface area contributed by atoms with Gasteiger partial charge in [0.05, 0.1) is 12.7 Å². The van der Waals surface area contributed by atoms with Crippen molar-refractivity contribution in [3.05, 3.63) is 35.1 Å². The average molecular weight is 246 g/mol. The van der Waals surface area contributed by atoms with E-state index in [4.69, 9.17) is 5.73 Å². The van der Waals surface area contributed by atoms with Gasteiger partial charge >= 0.3 is 5.97 Å². The summed E-state index contributed by atoms with van der Waals surface area (Å²) in [5, 5.41) is 0. The standard InChI is InChI=1S/C11H12FNO2.ClH/c1-15-10(14)7-4-8(6-9(12)5-7)11(13)2-3-11;/h4-6H,2-3,13H2,1H3;1H. The summed E-state index contributed by atoms with van der Waals surface area (Å²) in [5.41, 5.74) is 6.37. The molecule has 0 saturated heterocycles. The molecule has 0 aliphatic heterocycles. The number of methoxy groups -OCH3 is 1. The Balaban J connectivity index is 0.00000128. The molecule has 0 heterocycles. The number of carbonyl (C=O) groups is 1. The summed E-state index contributed by atoms with van der Waals surface area (Å²) in [6.45, 7) is 0. The van der Waals surface area contributed by atoms with Crippen LogP contribution in [-0.4, -0.2) is 13.1 Å². The van der Waals surface area contributed by atoms with Crippen LogP contribution in [0.2, 0.25) is 0 Å². The van der Waals surface area contributed by atoms with Crippen LogP contribution in [0.5, 0.6) is 0 Å². The largest absolute Gasteiger partial charge is 0.465 e. The topological polar surface area (TPSA) is 52.3 Å². The van der Waals surface area contributed by atoms with Gasteiger partial charge in [-0.15, -0.1) is 12.4 Å². The van der Waals surface area contributed by atoms with E-state index in [-0.39, 0.29) is 18.0 Å². The highest BCUT2D eigenvalue weighted by Gasteiger charge is 2.40. The van der Waals surface area contributed by atoms with Crippen molar-refractivity contribution in [3.8, 4) is 0 Å². The first-order chi connectivity index (χ1) is 7.05. The fraction of sp³-hybridized carbons (Fsp3) is 0.364. The summed E-state index contributed by atoms with van der Waals surface area (Å²) in [5.74, 6) is -0.996. The van der Waals surface area contributed by atoms with Gasteiger partial charge in [0.1, 0.15) is 5.82 Å². The maximum Gasteiger partial charge on any atom is 0.337 e. The van der Waals surface area contributed by atoms with Crippen molar-refractivity contribution in [2.24, 2.45) is 5.73 Å². The Labute approximate surface area is 99.2 Å². The number of carbonyl (C=O) groups excluding carboxylic acids is 1. The SMILES string of the molecule is COC(=O)c1cc(F)cc(C2(N)CC2)c1.Cl. The monoisotopic (exact) mass is 245 g/mol. The van der Waals surface area contributed by atoms with Crippen LogP contribution < -0.4 is 5.73 Å². The van der Waals surface area contributed by atoms with Gasteiger partial charge in [-0.25, -0.2) is 9.18 Å². The number of hydrogen-bond donors (Lipinski definition) is 1. The Morgan fingerprint density at radius 1 is 1.44 bits per heavy atom.